The first-order chi connectivity index (χ1) is 11.9. The Bertz CT molecular complexity index is 841. The molecular weight excluding hydrogens is 365 g/mol. The number of thiocarbonyl (C=S) groups is 1. The molecule has 3 N–H and O–H groups in total. The van der Waals surface area contributed by atoms with Crippen LogP contribution in [-0.4, -0.2) is 25.2 Å². The summed E-state index contributed by atoms with van der Waals surface area (Å²) < 4.78 is 36.9. The summed E-state index contributed by atoms with van der Waals surface area (Å²) in [7, 11) is -3.52. The summed E-state index contributed by atoms with van der Waals surface area (Å²) in [6, 6.07) is 13.4. The summed E-state index contributed by atoms with van der Waals surface area (Å²) in [4.78, 5) is 11.9. The number of amides is 1. The number of hydrazine groups is 1. The van der Waals surface area contributed by atoms with Crippen LogP contribution in [0.5, 0.6) is 0 Å². The van der Waals surface area contributed by atoms with Crippen molar-refractivity contribution in [3.63, 3.8) is 0 Å². The maximum atomic E-state index is 12.8. The van der Waals surface area contributed by atoms with Crippen molar-refractivity contribution in [3.05, 3.63) is 60.4 Å². The minimum absolute atomic E-state index is 0.0888. The van der Waals surface area contributed by atoms with Crippen LogP contribution in [0.3, 0.4) is 0 Å². The van der Waals surface area contributed by atoms with Gasteiger partial charge in [-0.25, -0.2) is 12.8 Å². The van der Waals surface area contributed by atoms with Crippen LogP contribution >= 0.6 is 12.2 Å². The van der Waals surface area contributed by atoms with Crippen LogP contribution in [0.2, 0.25) is 0 Å². The van der Waals surface area contributed by atoms with Crippen molar-refractivity contribution >= 4 is 38.8 Å². The second kappa shape index (κ2) is 8.54. The highest BCUT2D eigenvalue weighted by atomic mass is 32.2. The summed E-state index contributed by atoms with van der Waals surface area (Å²) >= 11 is 4.97. The van der Waals surface area contributed by atoms with Crippen LogP contribution in [0.15, 0.2) is 59.5 Å². The third kappa shape index (κ3) is 6.12. The minimum Gasteiger partial charge on any atom is -0.331 e. The van der Waals surface area contributed by atoms with Gasteiger partial charge in [0.15, 0.2) is 14.9 Å². The van der Waals surface area contributed by atoms with Crippen molar-refractivity contribution in [2.24, 2.45) is 0 Å². The van der Waals surface area contributed by atoms with Crippen LogP contribution < -0.4 is 16.2 Å². The average Bonchev–Trinajstić information content (AvgIpc) is 2.61. The molecule has 0 unspecified atom stereocenters. The number of sulfone groups is 1. The van der Waals surface area contributed by atoms with Gasteiger partial charge in [-0.05, 0) is 48.6 Å². The van der Waals surface area contributed by atoms with Crippen LogP contribution in [0.1, 0.15) is 6.42 Å². The topological polar surface area (TPSA) is 87.3 Å². The quantitative estimate of drug-likeness (QED) is 0.543. The number of anilines is 1. The lowest BCUT2D eigenvalue weighted by Crippen LogP contribution is -2.44. The van der Waals surface area contributed by atoms with Crippen molar-refractivity contribution in [2.45, 2.75) is 11.3 Å². The number of hydrogen-bond acceptors (Lipinski definition) is 4. The average molecular weight is 381 g/mol. The highest BCUT2D eigenvalue weighted by Gasteiger charge is 2.16. The Morgan fingerprint density at radius 1 is 1.00 bits per heavy atom. The highest BCUT2D eigenvalue weighted by Crippen LogP contribution is 2.11. The zero-order chi connectivity index (χ0) is 18.3. The third-order valence-electron chi connectivity index (χ3n) is 3.12. The zero-order valence-corrected chi connectivity index (χ0v) is 14.7. The van der Waals surface area contributed by atoms with Crippen molar-refractivity contribution < 1.29 is 17.6 Å². The van der Waals surface area contributed by atoms with Gasteiger partial charge in [-0.15, -0.1) is 0 Å². The molecule has 2 rings (SSSR count). The van der Waals surface area contributed by atoms with E-state index in [1.807, 2.05) is 0 Å². The molecule has 0 atom stereocenters. The van der Waals surface area contributed by atoms with Crippen molar-refractivity contribution in [3.8, 4) is 0 Å². The molecule has 2 aromatic rings. The van der Waals surface area contributed by atoms with Crippen molar-refractivity contribution in [1.82, 2.24) is 10.9 Å². The smallest absolute Gasteiger partial charge is 0.239 e. The van der Waals surface area contributed by atoms with E-state index in [9.17, 15) is 17.6 Å². The van der Waals surface area contributed by atoms with Gasteiger partial charge >= 0.3 is 0 Å². The van der Waals surface area contributed by atoms with Crippen LogP contribution in [0.25, 0.3) is 0 Å². The lowest BCUT2D eigenvalue weighted by molar-refractivity contribution is -0.121. The number of carbonyl (C=O) groups is 1. The Morgan fingerprint density at radius 2 is 1.64 bits per heavy atom. The largest absolute Gasteiger partial charge is 0.331 e. The molecule has 0 bridgehead atoms. The summed E-state index contributed by atoms with van der Waals surface area (Å²) in [6.07, 6.45) is -0.219. The molecule has 0 radical (unpaired) electrons. The molecular formula is C16H16FN3O3S2. The molecule has 0 spiro atoms. The van der Waals surface area contributed by atoms with Gasteiger partial charge < -0.3 is 5.32 Å². The fraction of sp³-hybridized carbons (Fsp3) is 0.125. The van der Waals surface area contributed by atoms with Gasteiger partial charge in [0.05, 0.1) is 10.6 Å². The summed E-state index contributed by atoms with van der Waals surface area (Å²) in [5.74, 6) is -1.22. The third-order valence-corrected chi connectivity index (χ3v) is 5.05. The maximum absolute atomic E-state index is 12.8. The van der Waals surface area contributed by atoms with Crippen molar-refractivity contribution in [2.75, 3.05) is 11.1 Å². The van der Waals surface area contributed by atoms with Gasteiger partial charge in [0.25, 0.3) is 0 Å². The first-order valence-corrected chi connectivity index (χ1v) is 9.32. The molecule has 0 saturated heterocycles. The Morgan fingerprint density at radius 3 is 2.28 bits per heavy atom. The molecule has 2 aromatic carbocycles. The molecule has 0 aromatic heterocycles. The second-order valence-electron chi connectivity index (χ2n) is 5.02. The van der Waals surface area contributed by atoms with E-state index >= 15 is 0 Å². The molecule has 25 heavy (non-hydrogen) atoms. The van der Waals surface area contributed by atoms with E-state index in [4.69, 9.17) is 12.2 Å². The van der Waals surface area contributed by atoms with Crippen molar-refractivity contribution in [1.29, 1.82) is 0 Å². The van der Waals surface area contributed by atoms with E-state index in [2.05, 4.69) is 16.2 Å². The number of benzene rings is 2. The monoisotopic (exact) mass is 381 g/mol. The fourth-order valence-electron chi connectivity index (χ4n) is 1.86. The van der Waals surface area contributed by atoms with E-state index in [1.165, 1.54) is 36.4 Å². The van der Waals surface area contributed by atoms with Gasteiger partial charge in [0, 0.05) is 12.1 Å². The van der Waals surface area contributed by atoms with E-state index in [0.717, 1.165) is 0 Å². The lowest BCUT2D eigenvalue weighted by Gasteiger charge is -2.11. The van der Waals surface area contributed by atoms with Gasteiger partial charge in [-0.2, -0.15) is 0 Å². The van der Waals surface area contributed by atoms with Gasteiger partial charge in [-0.1, -0.05) is 18.2 Å². The van der Waals surface area contributed by atoms with Crippen LogP contribution in [0.4, 0.5) is 10.1 Å². The highest BCUT2D eigenvalue weighted by molar-refractivity contribution is 7.91. The molecule has 0 fully saturated rings. The predicted molar refractivity (Wildman–Crippen MR) is 97.0 cm³/mol. The zero-order valence-electron chi connectivity index (χ0n) is 13.0. The van der Waals surface area contributed by atoms with Crippen LogP contribution in [0, 0.1) is 5.82 Å². The number of halogens is 1. The molecule has 6 nitrogen and oxygen atoms in total. The molecule has 132 valence electrons. The van der Waals surface area contributed by atoms with E-state index in [0.29, 0.717) is 5.69 Å². The molecule has 0 heterocycles. The molecule has 9 heteroatoms. The number of rotatable bonds is 5. The first kappa shape index (κ1) is 18.8. The first-order valence-electron chi connectivity index (χ1n) is 7.26. The Kier molecular flexibility index (Phi) is 6.43. The summed E-state index contributed by atoms with van der Waals surface area (Å²) in [6.45, 7) is 0. The van der Waals surface area contributed by atoms with E-state index in [1.54, 1.807) is 18.2 Å². The second-order valence-corrected chi connectivity index (χ2v) is 7.53. The fourth-order valence-corrected chi connectivity index (χ4v) is 3.29. The molecule has 1 amide bonds. The Labute approximate surface area is 150 Å². The number of nitrogens with one attached hydrogen (secondary N) is 3. The molecule has 0 saturated carbocycles. The van der Waals surface area contributed by atoms with E-state index in [-0.39, 0.29) is 28.0 Å². The minimum atomic E-state index is -3.52. The van der Waals surface area contributed by atoms with Gasteiger partial charge in [0.1, 0.15) is 5.82 Å². The number of carbonyl (C=O) groups excluding carboxylic acids is 1. The Hall–Kier alpha value is -2.52. The SMILES string of the molecule is O=C(CCS(=O)(=O)c1ccccc1)NNC(=S)Nc1ccc(F)cc1. The van der Waals surface area contributed by atoms with E-state index < -0.39 is 15.7 Å². The number of hydrogen-bond donors (Lipinski definition) is 3. The predicted octanol–water partition coefficient (Wildman–Crippen LogP) is 2.01. The molecule has 0 aliphatic carbocycles. The van der Waals surface area contributed by atoms with Gasteiger partial charge in [0.2, 0.25) is 5.91 Å². The summed E-state index contributed by atoms with van der Waals surface area (Å²) in [5, 5.41) is 2.83. The Balaban J connectivity index is 1.77. The molecule has 0 aliphatic heterocycles. The standard InChI is InChI=1S/C16H16FN3O3S2/c17-12-6-8-13(9-7-12)18-16(24)20-19-15(21)10-11-25(22,23)14-4-2-1-3-5-14/h1-9H,10-11H2,(H,19,21)(H2,18,20,24). The molecule has 0 aliphatic rings. The summed E-state index contributed by atoms with van der Waals surface area (Å²) in [5.41, 5.74) is 5.30. The van der Waals surface area contributed by atoms with Gasteiger partial charge in [-0.3, -0.25) is 15.6 Å². The maximum Gasteiger partial charge on any atom is 0.239 e. The lowest BCUT2D eigenvalue weighted by atomic mass is 10.3. The van der Waals surface area contributed by atoms with Crippen LogP contribution in [-0.2, 0) is 14.6 Å². The normalized spacial score (nSPS) is 10.8.